The summed E-state index contributed by atoms with van der Waals surface area (Å²) in [5.41, 5.74) is 3.98. The van der Waals surface area contributed by atoms with Crippen molar-refractivity contribution in [2.45, 2.75) is 18.4 Å². The van der Waals surface area contributed by atoms with E-state index >= 15 is 0 Å². The molecular weight excluding hydrogens is 455 g/mol. The van der Waals surface area contributed by atoms with Crippen molar-refractivity contribution in [3.63, 3.8) is 0 Å². The van der Waals surface area contributed by atoms with Crippen LogP contribution in [0.1, 0.15) is 33.8 Å². The number of hydrogen-bond donors (Lipinski definition) is 4. The maximum Gasteiger partial charge on any atom is 0.411 e. The first kappa shape index (κ1) is 23.9. The number of aliphatic carboxylic acids is 1. The maximum atomic E-state index is 14.5. The van der Waals surface area contributed by atoms with E-state index < -0.39 is 42.0 Å². The van der Waals surface area contributed by atoms with Crippen LogP contribution in [-0.2, 0) is 9.53 Å². The Bertz CT molecular complexity index is 1230. The van der Waals surface area contributed by atoms with Gasteiger partial charge in [-0.2, -0.15) is 0 Å². The van der Waals surface area contributed by atoms with Crippen molar-refractivity contribution >= 4 is 23.7 Å². The number of carbonyl (C=O) groups is 3. The number of carbonyl (C=O) groups excluding carboxylic acids is 2. The van der Waals surface area contributed by atoms with Crippen LogP contribution in [0.5, 0.6) is 0 Å². The minimum Gasteiger partial charge on any atom is -0.480 e. The van der Waals surface area contributed by atoms with Crippen LogP contribution in [0, 0.1) is 5.82 Å². The first-order chi connectivity index (χ1) is 16.9. The molecule has 0 aromatic heterocycles. The molecule has 3 aromatic rings. The summed E-state index contributed by atoms with van der Waals surface area (Å²) in [6.07, 6.45) is -0.998. The number of aliphatic hydroxyl groups is 1. The molecule has 0 aliphatic heterocycles. The number of rotatable bonds is 8. The lowest BCUT2D eigenvalue weighted by Crippen LogP contribution is -2.41. The predicted octanol–water partition coefficient (Wildman–Crippen LogP) is 3.75. The molecule has 0 spiro atoms. The second kappa shape index (κ2) is 10.4. The molecular formula is C26H23FN2O6. The molecule has 0 heterocycles. The van der Waals surface area contributed by atoms with Crippen molar-refractivity contribution in [2.75, 3.05) is 18.5 Å². The molecule has 4 N–H and O–H groups in total. The van der Waals surface area contributed by atoms with Gasteiger partial charge in [-0.15, -0.1) is 0 Å². The molecule has 0 radical (unpaired) electrons. The van der Waals surface area contributed by atoms with Gasteiger partial charge in [0.1, 0.15) is 18.5 Å². The molecule has 0 saturated carbocycles. The Morgan fingerprint density at radius 3 is 2.17 bits per heavy atom. The topological polar surface area (TPSA) is 125 Å². The molecule has 0 saturated heterocycles. The van der Waals surface area contributed by atoms with Crippen molar-refractivity contribution < 1.29 is 33.7 Å². The number of anilines is 1. The van der Waals surface area contributed by atoms with Crippen LogP contribution >= 0.6 is 0 Å². The molecule has 1 aliphatic carbocycles. The van der Waals surface area contributed by atoms with Crippen molar-refractivity contribution in [1.29, 1.82) is 0 Å². The average Bonchev–Trinajstić information content (AvgIpc) is 3.16. The molecule has 3 aromatic carbocycles. The van der Waals surface area contributed by atoms with Crippen LogP contribution in [-0.4, -0.2) is 47.4 Å². The molecule has 180 valence electrons. The summed E-state index contributed by atoms with van der Waals surface area (Å²) in [7, 11) is 0. The molecule has 1 atom stereocenters. The van der Waals surface area contributed by atoms with Crippen LogP contribution in [0.3, 0.4) is 0 Å². The van der Waals surface area contributed by atoms with E-state index in [0.717, 1.165) is 34.4 Å². The second-order valence-electron chi connectivity index (χ2n) is 8.02. The standard InChI is InChI=1S/C26H23FN2O6/c27-22-13-15(9-10-20(22)24(31)29-23(11-12-30)25(32)33)28-26(34)35-14-21-18-7-3-1-5-16(18)17-6-2-4-8-19(17)21/h1-10,13,21,23,30H,11-12,14H2,(H,28,34)(H,29,31)(H,32,33)/t23-/m1/s1. The molecule has 8 nitrogen and oxygen atoms in total. The number of fused-ring (bicyclic) bond motifs is 3. The largest absolute Gasteiger partial charge is 0.480 e. The summed E-state index contributed by atoms with van der Waals surface area (Å²) < 4.78 is 19.9. The van der Waals surface area contributed by atoms with Crippen LogP contribution in [0.15, 0.2) is 66.7 Å². The number of halogens is 1. The number of carboxylic acids is 1. The number of amides is 2. The van der Waals surface area contributed by atoms with Gasteiger partial charge in [0.25, 0.3) is 5.91 Å². The van der Waals surface area contributed by atoms with Crippen molar-refractivity contribution in [1.82, 2.24) is 5.32 Å². The van der Waals surface area contributed by atoms with E-state index in [2.05, 4.69) is 10.6 Å². The molecule has 0 unspecified atom stereocenters. The van der Waals surface area contributed by atoms with Crippen molar-refractivity contribution in [3.8, 4) is 11.1 Å². The number of carboxylic acid groups (broad SMARTS) is 1. The second-order valence-corrected chi connectivity index (χ2v) is 8.02. The number of hydrogen-bond acceptors (Lipinski definition) is 5. The minimum absolute atomic E-state index is 0.0708. The molecule has 2 amide bonds. The summed E-state index contributed by atoms with van der Waals surface area (Å²) in [6.45, 7) is -0.368. The van der Waals surface area contributed by atoms with Crippen LogP contribution in [0.25, 0.3) is 11.1 Å². The molecule has 0 bridgehead atoms. The van der Waals surface area contributed by atoms with E-state index in [1.54, 1.807) is 0 Å². The van der Waals surface area contributed by atoms with E-state index in [4.69, 9.17) is 14.9 Å². The van der Waals surface area contributed by atoms with Crippen LogP contribution in [0.4, 0.5) is 14.9 Å². The van der Waals surface area contributed by atoms with E-state index in [1.807, 2.05) is 48.5 Å². The Kier molecular flexibility index (Phi) is 7.07. The Morgan fingerprint density at radius 1 is 0.971 bits per heavy atom. The molecule has 4 rings (SSSR count). The number of ether oxygens (including phenoxy) is 1. The predicted molar refractivity (Wildman–Crippen MR) is 126 cm³/mol. The third-order valence-corrected chi connectivity index (χ3v) is 5.82. The highest BCUT2D eigenvalue weighted by Gasteiger charge is 2.29. The first-order valence-corrected chi connectivity index (χ1v) is 10.9. The lowest BCUT2D eigenvalue weighted by atomic mass is 9.98. The first-order valence-electron chi connectivity index (χ1n) is 10.9. The minimum atomic E-state index is -1.36. The lowest BCUT2D eigenvalue weighted by molar-refractivity contribution is -0.139. The quantitative estimate of drug-likeness (QED) is 0.391. The van der Waals surface area contributed by atoms with E-state index in [9.17, 15) is 18.8 Å². The molecule has 0 fully saturated rings. The lowest BCUT2D eigenvalue weighted by Gasteiger charge is -2.15. The summed E-state index contributed by atoms with van der Waals surface area (Å²) in [5.74, 6) is -3.37. The Labute approximate surface area is 200 Å². The smallest absolute Gasteiger partial charge is 0.411 e. The number of benzene rings is 3. The van der Waals surface area contributed by atoms with Gasteiger partial charge in [0.15, 0.2) is 0 Å². The Hall–Kier alpha value is -4.24. The van der Waals surface area contributed by atoms with Gasteiger partial charge in [0, 0.05) is 24.6 Å². The SMILES string of the molecule is O=C(Nc1ccc(C(=O)N[C@H](CCO)C(=O)O)c(F)c1)OCC1c2ccccc2-c2ccccc21. The third-order valence-electron chi connectivity index (χ3n) is 5.82. The van der Waals surface area contributed by atoms with Crippen molar-refractivity contribution in [3.05, 3.63) is 89.2 Å². The van der Waals surface area contributed by atoms with Crippen molar-refractivity contribution in [2.24, 2.45) is 0 Å². The highest BCUT2D eigenvalue weighted by molar-refractivity contribution is 5.97. The Morgan fingerprint density at radius 2 is 1.60 bits per heavy atom. The van der Waals surface area contributed by atoms with Gasteiger partial charge in [0.2, 0.25) is 0 Å². The molecule has 9 heteroatoms. The van der Waals surface area contributed by atoms with E-state index in [-0.39, 0.29) is 24.6 Å². The van der Waals surface area contributed by atoms with Crippen LogP contribution in [0.2, 0.25) is 0 Å². The van der Waals surface area contributed by atoms with Gasteiger partial charge in [0.05, 0.1) is 5.56 Å². The van der Waals surface area contributed by atoms with Gasteiger partial charge >= 0.3 is 12.1 Å². The zero-order valence-corrected chi connectivity index (χ0v) is 18.5. The van der Waals surface area contributed by atoms with Gasteiger partial charge in [-0.1, -0.05) is 48.5 Å². The summed E-state index contributed by atoms with van der Waals surface area (Å²) >= 11 is 0. The average molecular weight is 478 g/mol. The monoisotopic (exact) mass is 478 g/mol. The fourth-order valence-corrected chi connectivity index (χ4v) is 4.15. The summed E-state index contributed by atoms with van der Waals surface area (Å²) in [5, 5.41) is 22.6. The van der Waals surface area contributed by atoms with Crippen LogP contribution < -0.4 is 10.6 Å². The normalized spacial score (nSPS) is 12.9. The Balaban J connectivity index is 1.39. The molecule has 1 aliphatic rings. The highest BCUT2D eigenvalue weighted by atomic mass is 19.1. The fourth-order valence-electron chi connectivity index (χ4n) is 4.15. The number of aliphatic hydroxyl groups excluding tert-OH is 1. The van der Waals surface area contributed by atoms with E-state index in [0.29, 0.717) is 0 Å². The van der Waals surface area contributed by atoms with E-state index in [1.165, 1.54) is 6.07 Å². The third kappa shape index (κ3) is 5.15. The maximum absolute atomic E-state index is 14.5. The van der Waals surface area contributed by atoms with Gasteiger partial charge in [-0.3, -0.25) is 10.1 Å². The fraction of sp³-hybridized carbons (Fsp3) is 0.192. The zero-order valence-electron chi connectivity index (χ0n) is 18.5. The summed E-state index contributed by atoms with van der Waals surface area (Å²) in [6, 6.07) is 17.8. The highest BCUT2D eigenvalue weighted by Crippen LogP contribution is 2.44. The zero-order chi connectivity index (χ0) is 24.9. The van der Waals surface area contributed by atoms with Gasteiger partial charge < -0.3 is 20.3 Å². The number of nitrogens with one attached hydrogen (secondary N) is 2. The van der Waals surface area contributed by atoms with Gasteiger partial charge in [-0.05, 0) is 40.5 Å². The summed E-state index contributed by atoms with van der Waals surface area (Å²) in [4.78, 5) is 35.8. The molecule has 35 heavy (non-hydrogen) atoms. The van der Waals surface area contributed by atoms with Gasteiger partial charge in [-0.25, -0.2) is 14.0 Å².